The minimum absolute atomic E-state index is 0.0951. The van der Waals surface area contributed by atoms with Gasteiger partial charge in [0.15, 0.2) is 29.7 Å². The van der Waals surface area contributed by atoms with E-state index in [1.165, 1.54) is 6.07 Å². The normalized spacial score (nSPS) is 11.5. The number of aryl methyl sites for hydroxylation is 1. The van der Waals surface area contributed by atoms with Crippen LogP contribution in [-0.2, 0) is 0 Å². The van der Waals surface area contributed by atoms with E-state index in [2.05, 4.69) is 51.1 Å². The third kappa shape index (κ3) is 5.07. The van der Waals surface area contributed by atoms with Gasteiger partial charge in [0.1, 0.15) is 23.1 Å². The Bertz CT molecular complexity index is 1470. The van der Waals surface area contributed by atoms with Gasteiger partial charge >= 0.3 is 6.18 Å². The number of hydrogen-bond donors (Lipinski definition) is 3. The van der Waals surface area contributed by atoms with E-state index < -0.39 is 12.8 Å². The number of halogens is 3. The van der Waals surface area contributed by atoms with Gasteiger partial charge in [-0.05, 0) is 19.1 Å². The van der Waals surface area contributed by atoms with Crippen LogP contribution >= 0.6 is 0 Å². The van der Waals surface area contributed by atoms with Crippen molar-refractivity contribution in [3.05, 3.63) is 54.7 Å². The number of anilines is 4. The number of nitrogens with zero attached hydrogens (tertiary/aromatic N) is 8. The molecule has 5 heterocycles. The molecular formula is C20H16F3N11O. The van der Waals surface area contributed by atoms with Gasteiger partial charge in [0.05, 0.1) is 11.9 Å². The van der Waals surface area contributed by atoms with Crippen molar-refractivity contribution < 1.29 is 17.9 Å². The molecule has 35 heavy (non-hydrogen) atoms. The second-order valence-corrected chi connectivity index (χ2v) is 7.18. The van der Waals surface area contributed by atoms with E-state index in [0.29, 0.717) is 40.3 Å². The van der Waals surface area contributed by atoms with E-state index in [1.54, 1.807) is 48.1 Å². The molecule has 0 saturated heterocycles. The van der Waals surface area contributed by atoms with E-state index >= 15 is 0 Å². The van der Waals surface area contributed by atoms with Gasteiger partial charge < -0.3 is 15.4 Å². The zero-order valence-corrected chi connectivity index (χ0v) is 17.9. The largest absolute Gasteiger partial charge is 0.482 e. The molecule has 5 aromatic heterocycles. The molecule has 12 nitrogen and oxygen atoms in total. The van der Waals surface area contributed by atoms with Crippen LogP contribution in [0.4, 0.5) is 36.4 Å². The van der Waals surface area contributed by atoms with E-state index in [9.17, 15) is 13.2 Å². The summed E-state index contributed by atoms with van der Waals surface area (Å²) in [4.78, 5) is 13.4. The maximum atomic E-state index is 12.5. The molecular weight excluding hydrogens is 467 g/mol. The van der Waals surface area contributed by atoms with Crippen molar-refractivity contribution in [3.63, 3.8) is 0 Å². The van der Waals surface area contributed by atoms with Crippen LogP contribution in [0.5, 0.6) is 5.75 Å². The predicted molar refractivity (Wildman–Crippen MR) is 117 cm³/mol. The van der Waals surface area contributed by atoms with E-state index in [4.69, 9.17) is 4.74 Å². The number of aromatic nitrogens is 9. The average Bonchev–Trinajstić information content (AvgIpc) is 3.45. The van der Waals surface area contributed by atoms with Gasteiger partial charge in [-0.25, -0.2) is 19.5 Å². The first-order valence-electron chi connectivity index (χ1n) is 10.1. The van der Waals surface area contributed by atoms with E-state index in [0.717, 1.165) is 6.20 Å². The Balaban J connectivity index is 1.49. The number of hydrogen-bond acceptors (Lipinski definition) is 10. The first-order valence-corrected chi connectivity index (χ1v) is 10.1. The van der Waals surface area contributed by atoms with Crippen molar-refractivity contribution in [2.75, 3.05) is 17.2 Å². The van der Waals surface area contributed by atoms with Crippen molar-refractivity contribution in [1.29, 1.82) is 0 Å². The lowest BCUT2D eigenvalue weighted by atomic mass is 10.2. The number of imidazole rings is 1. The highest BCUT2D eigenvalue weighted by Gasteiger charge is 2.28. The zero-order chi connectivity index (χ0) is 24.4. The van der Waals surface area contributed by atoms with Gasteiger partial charge in [0, 0.05) is 30.6 Å². The van der Waals surface area contributed by atoms with Crippen molar-refractivity contribution >= 4 is 28.9 Å². The number of alkyl halides is 3. The third-order valence-electron chi connectivity index (χ3n) is 4.51. The molecule has 0 radical (unpaired) electrons. The van der Waals surface area contributed by atoms with Crippen LogP contribution in [0.1, 0.15) is 5.82 Å². The number of ether oxygens (including phenoxy) is 1. The molecule has 0 aliphatic carbocycles. The molecule has 0 saturated carbocycles. The summed E-state index contributed by atoms with van der Waals surface area (Å²) in [6.45, 7) is 0.253. The molecule has 0 aliphatic rings. The summed E-state index contributed by atoms with van der Waals surface area (Å²) in [6.07, 6.45) is -0.101. The van der Waals surface area contributed by atoms with Gasteiger partial charge in [0.2, 0.25) is 0 Å². The number of aromatic amines is 1. The maximum Gasteiger partial charge on any atom is 0.422 e. The molecule has 0 unspecified atom stereocenters. The molecule has 15 heteroatoms. The lowest BCUT2D eigenvalue weighted by molar-refractivity contribution is -0.153. The van der Waals surface area contributed by atoms with Crippen molar-refractivity contribution in [3.8, 4) is 17.1 Å². The summed E-state index contributed by atoms with van der Waals surface area (Å²) in [7, 11) is 0. The minimum Gasteiger partial charge on any atom is -0.482 e. The summed E-state index contributed by atoms with van der Waals surface area (Å²) in [5, 5.41) is 24.8. The van der Waals surface area contributed by atoms with Gasteiger partial charge in [0.25, 0.3) is 0 Å². The van der Waals surface area contributed by atoms with Crippen LogP contribution < -0.4 is 15.4 Å². The van der Waals surface area contributed by atoms with Crippen LogP contribution in [0.25, 0.3) is 17.0 Å². The van der Waals surface area contributed by atoms with Gasteiger partial charge in [-0.3, -0.25) is 5.10 Å². The SMILES string of the molecule is Cc1nc(Nc2cc(OCC(F)(F)F)cnn2)cc(-c2c(Nc3cc[nH]n3)nc3cccnn23)n1. The number of nitrogens with one attached hydrogen (secondary N) is 3. The lowest BCUT2D eigenvalue weighted by Gasteiger charge is -2.11. The average molecular weight is 483 g/mol. The van der Waals surface area contributed by atoms with Gasteiger partial charge in [-0.1, -0.05) is 0 Å². The standard InChI is InChI=1S/C20H16F3N11O/c1-11-27-13(8-15(28-11)29-16-7-12(9-25-33-16)35-10-20(21,22)23)18-19(30-14-4-6-24-32-14)31-17-3-2-5-26-34(17)18/h2-9H,10H2,1H3,(H2,24,30,32)(H,27,28,29,33). The molecule has 0 aromatic carbocycles. The summed E-state index contributed by atoms with van der Waals surface area (Å²) in [6, 6.07) is 8.21. The number of fused-ring (bicyclic) bond motifs is 1. The van der Waals surface area contributed by atoms with Gasteiger partial charge in [-0.2, -0.15) is 28.5 Å². The highest BCUT2D eigenvalue weighted by molar-refractivity contribution is 5.78. The van der Waals surface area contributed by atoms with Crippen LogP contribution in [-0.4, -0.2) is 57.7 Å². The Morgan fingerprint density at radius 3 is 2.74 bits per heavy atom. The molecule has 3 N–H and O–H groups in total. The lowest BCUT2D eigenvalue weighted by Crippen LogP contribution is -2.19. The summed E-state index contributed by atoms with van der Waals surface area (Å²) < 4.78 is 43.7. The van der Waals surface area contributed by atoms with Crippen molar-refractivity contribution in [2.45, 2.75) is 13.1 Å². The Labute approximate surface area is 194 Å². The van der Waals surface area contributed by atoms with E-state index in [-0.39, 0.29) is 11.6 Å². The van der Waals surface area contributed by atoms with Crippen LogP contribution in [0.15, 0.2) is 48.9 Å². The minimum atomic E-state index is -4.47. The van der Waals surface area contributed by atoms with Gasteiger partial charge in [-0.15, -0.1) is 5.10 Å². The fourth-order valence-electron chi connectivity index (χ4n) is 3.20. The fourth-order valence-corrected chi connectivity index (χ4v) is 3.20. The van der Waals surface area contributed by atoms with Crippen LogP contribution in [0.3, 0.4) is 0 Å². The molecule has 0 aliphatic heterocycles. The Morgan fingerprint density at radius 1 is 1.06 bits per heavy atom. The molecule has 0 atom stereocenters. The molecule has 0 spiro atoms. The molecule has 5 aromatic rings. The van der Waals surface area contributed by atoms with E-state index in [1.807, 2.05) is 0 Å². The molecule has 0 fully saturated rings. The Morgan fingerprint density at radius 2 is 1.94 bits per heavy atom. The van der Waals surface area contributed by atoms with Crippen molar-refractivity contribution in [1.82, 2.24) is 45.0 Å². The maximum absolute atomic E-state index is 12.5. The summed E-state index contributed by atoms with van der Waals surface area (Å²) in [5.41, 5.74) is 1.60. The number of rotatable bonds is 7. The fraction of sp³-hybridized carbons (Fsp3) is 0.150. The summed E-state index contributed by atoms with van der Waals surface area (Å²) >= 11 is 0. The topological polar surface area (TPSA) is 144 Å². The molecule has 0 bridgehead atoms. The molecule has 5 rings (SSSR count). The Kier molecular flexibility index (Phi) is 5.56. The first-order chi connectivity index (χ1) is 16.8. The highest BCUT2D eigenvalue weighted by Crippen LogP contribution is 2.31. The predicted octanol–water partition coefficient (Wildman–Crippen LogP) is 3.44. The third-order valence-corrected chi connectivity index (χ3v) is 4.51. The number of H-pyrrole nitrogens is 1. The van der Waals surface area contributed by atoms with Crippen molar-refractivity contribution in [2.24, 2.45) is 0 Å². The second kappa shape index (κ2) is 8.85. The quantitative estimate of drug-likeness (QED) is 0.315. The smallest absolute Gasteiger partial charge is 0.422 e. The zero-order valence-electron chi connectivity index (χ0n) is 17.9. The van der Waals surface area contributed by atoms with Crippen LogP contribution in [0.2, 0.25) is 0 Å². The Hall–Kier alpha value is -4.82. The first kappa shape index (κ1) is 22.0. The molecule has 178 valence electrons. The van der Waals surface area contributed by atoms with Crippen LogP contribution in [0, 0.1) is 6.92 Å². The molecule has 0 amide bonds. The second-order valence-electron chi connectivity index (χ2n) is 7.18. The highest BCUT2D eigenvalue weighted by atomic mass is 19.4. The summed E-state index contributed by atoms with van der Waals surface area (Å²) in [5.74, 6) is 1.79. The monoisotopic (exact) mass is 483 g/mol.